The van der Waals surface area contributed by atoms with Gasteiger partial charge in [-0.2, -0.15) is 0 Å². The molecular formula is C27H28FN5OS. The predicted octanol–water partition coefficient (Wildman–Crippen LogP) is 4.74. The SMILES string of the molecule is O=C(NCCN1CCCC1)c1ccc(CSc2nc3ccncc3n2Cc2cccc(F)c2)cc1. The molecule has 180 valence electrons. The van der Waals surface area contributed by atoms with Gasteiger partial charge in [-0.25, -0.2) is 9.37 Å². The van der Waals surface area contributed by atoms with Crippen molar-refractivity contribution >= 4 is 28.7 Å². The zero-order valence-electron chi connectivity index (χ0n) is 19.5. The van der Waals surface area contributed by atoms with Crippen molar-refractivity contribution in [2.24, 2.45) is 0 Å². The molecule has 0 atom stereocenters. The number of carbonyl (C=O) groups excluding carboxylic acids is 1. The van der Waals surface area contributed by atoms with Crippen LogP contribution in [0.2, 0.25) is 0 Å². The third-order valence-electron chi connectivity index (χ3n) is 6.24. The molecule has 3 heterocycles. The first-order valence-electron chi connectivity index (χ1n) is 11.9. The van der Waals surface area contributed by atoms with Gasteiger partial charge in [0.15, 0.2) is 5.16 Å². The van der Waals surface area contributed by atoms with Crippen LogP contribution < -0.4 is 5.32 Å². The van der Waals surface area contributed by atoms with Gasteiger partial charge in [-0.3, -0.25) is 9.78 Å². The number of aromatic nitrogens is 3. The fourth-order valence-corrected chi connectivity index (χ4v) is 5.33. The highest BCUT2D eigenvalue weighted by Crippen LogP contribution is 2.27. The van der Waals surface area contributed by atoms with Gasteiger partial charge >= 0.3 is 0 Å². The molecule has 0 bridgehead atoms. The first kappa shape index (κ1) is 23.5. The van der Waals surface area contributed by atoms with Gasteiger partial charge in [0.05, 0.1) is 23.8 Å². The van der Waals surface area contributed by atoms with E-state index in [2.05, 4.69) is 19.8 Å². The number of hydrogen-bond donors (Lipinski definition) is 1. The summed E-state index contributed by atoms with van der Waals surface area (Å²) >= 11 is 1.62. The number of imidazole rings is 1. The van der Waals surface area contributed by atoms with Crippen LogP contribution in [0.25, 0.3) is 11.0 Å². The third kappa shape index (κ3) is 5.89. The van der Waals surface area contributed by atoms with Crippen molar-refractivity contribution in [1.29, 1.82) is 0 Å². The quantitative estimate of drug-likeness (QED) is 0.344. The van der Waals surface area contributed by atoms with E-state index < -0.39 is 0 Å². The average molecular weight is 490 g/mol. The molecule has 35 heavy (non-hydrogen) atoms. The molecule has 1 N–H and O–H groups in total. The van der Waals surface area contributed by atoms with Crippen molar-refractivity contribution in [1.82, 2.24) is 24.8 Å². The highest BCUT2D eigenvalue weighted by atomic mass is 32.2. The number of hydrogen-bond acceptors (Lipinski definition) is 5. The van der Waals surface area contributed by atoms with Crippen molar-refractivity contribution in [3.05, 3.63) is 89.5 Å². The second-order valence-corrected chi connectivity index (χ2v) is 9.71. The van der Waals surface area contributed by atoms with Crippen LogP contribution in [0.15, 0.2) is 72.1 Å². The lowest BCUT2D eigenvalue weighted by Crippen LogP contribution is -2.33. The zero-order valence-corrected chi connectivity index (χ0v) is 20.3. The summed E-state index contributed by atoms with van der Waals surface area (Å²) in [6.07, 6.45) is 6.03. The molecule has 1 saturated heterocycles. The Morgan fingerprint density at radius 2 is 1.89 bits per heavy atom. The van der Waals surface area contributed by atoms with Gasteiger partial charge in [0.2, 0.25) is 0 Å². The fraction of sp³-hybridized carbons (Fsp3) is 0.296. The Bertz CT molecular complexity index is 1300. The van der Waals surface area contributed by atoms with Crippen LogP contribution in [0.4, 0.5) is 4.39 Å². The number of likely N-dealkylation sites (tertiary alicyclic amines) is 1. The summed E-state index contributed by atoms with van der Waals surface area (Å²) in [6.45, 7) is 4.36. The van der Waals surface area contributed by atoms with E-state index in [0.717, 1.165) is 47.0 Å². The minimum Gasteiger partial charge on any atom is -0.351 e. The number of nitrogens with one attached hydrogen (secondary N) is 1. The maximum absolute atomic E-state index is 13.7. The number of rotatable bonds is 9. The molecule has 5 rings (SSSR count). The van der Waals surface area contributed by atoms with Crippen LogP contribution in [0.5, 0.6) is 0 Å². The number of benzene rings is 2. The molecular weight excluding hydrogens is 461 g/mol. The number of fused-ring (bicyclic) bond motifs is 1. The number of amides is 1. The summed E-state index contributed by atoms with van der Waals surface area (Å²) in [4.78, 5) is 23.9. The van der Waals surface area contributed by atoms with Crippen LogP contribution in [0.1, 0.15) is 34.3 Å². The van der Waals surface area contributed by atoms with Crippen LogP contribution >= 0.6 is 11.8 Å². The third-order valence-corrected chi connectivity index (χ3v) is 7.29. The number of halogens is 1. The molecule has 1 aliphatic rings. The van der Waals surface area contributed by atoms with E-state index in [0.29, 0.717) is 24.4 Å². The van der Waals surface area contributed by atoms with E-state index in [4.69, 9.17) is 4.98 Å². The number of thioether (sulfide) groups is 1. The van der Waals surface area contributed by atoms with Crippen molar-refractivity contribution < 1.29 is 9.18 Å². The largest absolute Gasteiger partial charge is 0.351 e. The Morgan fingerprint density at radius 3 is 2.69 bits per heavy atom. The van der Waals surface area contributed by atoms with Crippen molar-refractivity contribution in [3.63, 3.8) is 0 Å². The van der Waals surface area contributed by atoms with E-state index in [1.54, 1.807) is 36.3 Å². The Morgan fingerprint density at radius 1 is 1.06 bits per heavy atom. The standard InChI is InChI=1S/C27H28FN5OS/c28-23-5-3-4-21(16-23)18-33-25-17-29-11-10-24(25)31-27(33)35-19-20-6-8-22(9-7-20)26(34)30-12-15-32-13-1-2-14-32/h3-11,16-17H,1-2,12-15,18-19H2,(H,30,34). The van der Waals surface area contributed by atoms with Crippen LogP contribution in [0.3, 0.4) is 0 Å². The lowest BCUT2D eigenvalue weighted by molar-refractivity contribution is 0.0949. The molecule has 0 spiro atoms. The molecule has 6 nitrogen and oxygen atoms in total. The Balaban J connectivity index is 1.23. The van der Waals surface area contributed by atoms with Crippen LogP contribution in [0, 0.1) is 5.82 Å². The van der Waals surface area contributed by atoms with E-state index in [-0.39, 0.29) is 11.7 Å². The molecule has 1 amide bonds. The summed E-state index contributed by atoms with van der Waals surface area (Å²) < 4.78 is 15.8. The maximum atomic E-state index is 13.7. The smallest absolute Gasteiger partial charge is 0.251 e. The monoisotopic (exact) mass is 489 g/mol. The Hall–Kier alpha value is -3.23. The van der Waals surface area contributed by atoms with Gasteiger partial charge in [-0.15, -0.1) is 0 Å². The molecule has 0 aliphatic carbocycles. The van der Waals surface area contributed by atoms with Gasteiger partial charge in [0.25, 0.3) is 5.91 Å². The van der Waals surface area contributed by atoms with Crippen molar-refractivity contribution in [2.45, 2.75) is 30.3 Å². The second-order valence-electron chi connectivity index (χ2n) is 8.77. The fourth-order valence-electron chi connectivity index (χ4n) is 4.36. The summed E-state index contributed by atoms with van der Waals surface area (Å²) in [5.74, 6) is 0.420. The van der Waals surface area contributed by atoms with Crippen molar-refractivity contribution in [3.8, 4) is 0 Å². The Kier molecular flexibility index (Phi) is 7.39. The van der Waals surface area contributed by atoms with Crippen molar-refractivity contribution in [2.75, 3.05) is 26.2 Å². The molecule has 0 saturated carbocycles. The first-order valence-corrected chi connectivity index (χ1v) is 12.9. The Labute approximate surface area is 208 Å². The first-order chi connectivity index (χ1) is 17.2. The zero-order chi connectivity index (χ0) is 24.0. The van der Waals surface area contributed by atoms with E-state index in [1.807, 2.05) is 36.4 Å². The van der Waals surface area contributed by atoms with Crippen LogP contribution in [-0.4, -0.2) is 51.5 Å². The number of pyridine rings is 1. The highest BCUT2D eigenvalue weighted by molar-refractivity contribution is 7.98. The lowest BCUT2D eigenvalue weighted by Gasteiger charge is -2.14. The van der Waals surface area contributed by atoms with Gasteiger partial charge in [0.1, 0.15) is 5.82 Å². The molecule has 0 radical (unpaired) electrons. The van der Waals surface area contributed by atoms with E-state index in [9.17, 15) is 9.18 Å². The molecule has 2 aromatic heterocycles. The normalized spacial score (nSPS) is 14.0. The molecule has 8 heteroatoms. The van der Waals surface area contributed by atoms with Crippen LogP contribution in [-0.2, 0) is 12.3 Å². The predicted molar refractivity (Wildman–Crippen MR) is 137 cm³/mol. The second kappa shape index (κ2) is 11.0. The summed E-state index contributed by atoms with van der Waals surface area (Å²) in [7, 11) is 0. The number of carbonyl (C=O) groups is 1. The van der Waals surface area contributed by atoms with E-state index in [1.165, 1.54) is 18.9 Å². The molecule has 4 aromatic rings. The van der Waals surface area contributed by atoms with Gasteiger partial charge in [-0.1, -0.05) is 36.0 Å². The van der Waals surface area contributed by atoms with Gasteiger partial charge < -0.3 is 14.8 Å². The average Bonchev–Trinajstić information content (AvgIpc) is 3.51. The summed E-state index contributed by atoms with van der Waals surface area (Å²) in [5, 5.41) is 3.87. The molecule has 1 aliphatic heterocycles. The van der Waals surface area contributed by atoms with Gasteiger partial charge in [-0.05, 0) is 67.4 Å². The van der Waals surface area contributed by atoms with Gasteiger partial charge in [0, 0.05) is 30.6 Å². The molecule has 0 unspecified atom stereocenters. The minimum absolute atomic E-state index is 0.0345. The topological polar surface area (TPSA) is 63.1 Å². The summed E-state index contributed by atoms with van der Waals surface area (Å²) in [6, 6.07) is 16.2. The minimum atomic E-state index is -0.251. The summed E-state index contributed by atoms with van der Waals surface area (Å²) in [5.41, 5.74) is 4.42. The number of nitrogens with zero attached hydrogens (tertiary/aromatic N) is 4. The highest BCUT2D eigenvalue weighted by Gasteiger charge is 2.14. The van der Waals surface area contributed by atoms with E-state index >= 15 is 0 Å². The molecule has 1 fully saturated rings. The lowest BCUT2D eigenvalue weighted by atomic mass is 10.1. The maximum Gasteiger partial charge on any atom is 0.251 e. The molecule has 2 aromatic carbocycles.